The Hall–Kier alpha value is -1.65. The zero-order chi connectivity index (χ0) is 16.0. The van der Waals surface area contributed by atoms with Crippen LogP contribution in [0.2, 0.25) is 0 Å². The van der Waals surface area contributed by atoms with E-state index in [-0.39, 0.29) is 16.9 Å². The quantitative estimate of drug-likeness (QED) is 0.879. The van der Waals surface area contributed by atoms with Crippen molar-refractivity contribution in [2.24, 2.45) is 5.41 Å². The molecular formula is C17H27N3O2. The molecule has 0 spiro atoms. The van der Waals surface area contributed by atoms with E-state index in [9.17, 15) is 9.59 Å². The van der Waals surface area contributed by atoms with Crippen molar-refractivity contribution in [3.05, 3.63) is 28.2 Å². The van der Waals surface area contributed by atoms with E-state index >= 15 is 0 Å². The van der Waals surface area contributed by atoms with Gasteiger partial charge in [-0.05, 0) is 30.7 Å². The van der Waals surface area contributed by atoms with Crippen LogP contribution in [0.15, 0.2) is 16.9 Å². The summed E-state index contributed by atoms with van der Waals surface area (Å²) in [6, 6.07) is 2.95. The predicted molar refractivity (Wildman–Crippen MR) is 86.9 cm³/mol. The van der Waals surface area contributed by atoms with Gasteiger partial charge in [0.1, 0.15) is 5.69 Å². The molecule has 5 heteroatoms. The summed E-state index contributed by atoms with van der Waals surface area (Å²) in [5.74, 6) is -0.183. The van der Waals surface area contributed by atoms with Gasteiger partial charge in [0.15, 0.2) is 0 Å². The zero-order valence-corrected chi connectivity index (χ0v) is 13.7. The number of aromatic nitrogens is 2. The number of hydrogen-bond donors (Lipinski definition) is 1. The standard InChI is InChI=1S/C17H27N3O2/c1-3-4-12-20-15(21)9-8-14(19-20)16(22)18-13-17(2)10-6-5-7-11-17/h8-9H,3-7,10-13H2,1-2H3,(H,18,22). The van der Waals surface area contributed by atoms with Gasteiger partial charge in [0.25, 0.3) is 11.5 Å². The lowest BCUT2D eigenvalue weighted by Crippen LogP contribution is -2.38. The maximum absolute atomic E-state index is 12.3. The molecule has 2 rings (SSSR count). The van der Waals surface area contributed by atoms with E-state index in [4.69, 9.17) is 0 Å². The first-order valence-corrected chi connectivity index (χ1v) is 8.40. The highest BCUT2D eigenvalue weighted by Gasteiger charge is 2.27. The van der Waals surface area contributed by atoms with Gasteiger partial charge in [0.2, 0.25) is 0 Å². The van der Waals surface area contributed by atoms with Gasteiger partial charge in [-0.15, -0.1) is 0 Å². The fraction of sp³-hybridized carbons (Fsp3) is 0.706. The maximum atomic E-state index is 12.3. The molecule has 1 heterocycles. The van der Waals surface area contributed by atoms with Crippen LogP contribution in [0.25, 0.3) is 0 Å². The summed E-state index contributed by atoms with van der Waals surface area (Å²) in [5, 5.41) is 7.18. The molecule has 1 aromatic rings. The van der Waals surface area contributed by atoms with E-state index < -0.39 is 0 Å². The van der Waals surface area contributed by atoms with E-state index in [2.05, 4.69) is 24.3 Å². The van der Waals surface area contributed by atoms with E-state index in [1.807, 2.05) is 0 Å². The third-order valence-corrected chi connectivity index (χ3v) is 4.56. The molecule has 1 aromatic heterocycles. The molecule has 0 unspecified atom stereocenters. The summed E-state index contributed by atoms with van der Waals surface area (Å²) in [5.41, 5.74) is 0.379. The highest BCUT2D eigenvalue weighted by Crippen LogP contribution is 2.34. The first-order chi connectivity index (χ1) is 10.5. The number of aryl methyl sites for hydroxylation is 1. The molecular weight excluding hydrogens is 278 g/mol. The van der Waals surface area contributed by atoms with Gasteiger partial charge in [-0.2, -0.15) is 5.10 Å². The second-order valence-electron chi connectivity index (χ2n) is 6.69. The van der Waals surface area contributed by atoms with Crippen molar-refractivity contribution in [3.8, 4) is 0 Å². The van der Waals surface area contributed by atoms with Gasteiger partial charge in [-0.25, -0.2) is 4.68 Å². The number of carbonyl (C=O) groups is 1. The lowest BCUT2D eigenvalue weighted by atomic mass is 9.76. The van der Waals surface area contributed by atoms with Gasteiger partial charge in [0, 0.05) is 19.2 Å². The van der Waals surface area contributed by atoms with Gasteiger partial charge in [-0.1, -0.05) is 39.5 Å². The van der Waals surface area contributed by atoms with Crippen molar-refractivity contribution < 1.29 is 4.79 Å². The van der Waals surface area contributed by atoms with Gasteiger partial charge in [0.05, 0.1) is 0 Å². The molecule has 0 atom stereocenters. The molecule has 1 amide bonds. The Labute approximate surface area is 132 Å². The van der Waals surface area contributed by atoms with Crippen molar-refractivity contribution in [3.63, 3.8) is 0 Å². The normalized spacial score (nSPS) is 17.2. The van der Waals surface area contributed by atoms with Crippen molar-refractivity contribution in [1.29, 1.82) is 0 Å². The minimum absolute atomic E-state index is 0.149. The van der Waals surface area contributed by atoms with Crippen molar-refractivity contribution in [2.75, 3.05) is 6.54 Å². The predicted octanol–water partition coefficient (Wildman–Crippen LogP) is 2.74. The van der Waals surface area contributed by atoms with Gasteiger partial charge in [-0.3, -0.25) is 9.59 Å². The molecule has 122 valence electrons. The summed E-state index contributed by atoms with van der Waals surface area (Å²) in [6.45, 7) is 5.55. The average Bonchev–Trinajstić information content (AvgIpc) is 2.52. The number of rotatable bonds is 6. The van der Waals surface area contributed by atoms with Crippen LogP contribution in [0.1, 0.15) is 69.3 Å². The SMILES string of the molecule is CCCCn1nc(C(=O)NCC2(C)CCCCC2)ccc1=O. The fourth-order valence-electron chi connectivity index (χ4n) is 3.00. The van der Waals surface area contributed by atoms with E-state index in [1.165, 1.54) is 36.1 Å². The number of amides is 1. The Bertz CT molecular complexity index is 559. The highest BCUT2D eigenvalue weighted by molar-refractivity contribution is 5.92. The third kappa shape index (κ3) is 4.42. The van der Waals surface area contributed by atoms with Crippen molar-refractivity contribution >= 4 is 5.91 Å². The minimum Gasteiger partial charge on any atom is -0.350 e. The Morgan fingerprint density at radius 1 is 1.32 bits per heavy atom. The molecule has 0 aliphatic heterocycles. The third-order valence-electron chi connectivity index (χ3n) is 4.56. The van der Waals surface area contributed by atoms with Gasteiger partial charge >= 0.3 is 0 Å². The minimum atomic E-state index is -0.183. The lowest BCUT2D eigenvalue weighted by molar-refractivity contribution is 0.0911. The van der Waals surface area contributed by atoms with Crippen LogP contribution in [-0.2, 0) is 6.54 Å². The molecule has 1 aliphatic carbocycles. The largest absolute Gasteiger partial charge is 0.350 e. The maximum Gasteiger partial charge on any atom is 0.271 e. The van der Waals surface area contributed by atoms with Crippen LogP contribution in [-0.4, -0.2) is 22.2 Å². The Kier molecular flexibility index (Phi) is 5.75. The Morgan fingerprint density at radius 2 is 2.05 bits per heavy atom. The highest BCUT2D eigenvalue weighted by atomic mass is 16.2. The van der Waals surface area contributed by atoms with E-state index in [0.717, 1.165) is 25.7 Å². The molecule has 1 saturated carbocycles. The Balaban J connectivity index is 1.98. The molecule has 1 fully saturated rings. The van der Waals surface area contributed by atoms with Crippen LogP contribution < -0.4 is 10.9 Å². The van der Waals surface area contributed by atoms with Crippen LogP contribution in [0.5, 0.6) is 0 Å². The Morgan fingerprint density at radius 3 is 2.73 bits per heavy atom. The number of nitrogens with zero attached hydrogens (tertiary/aromatic N) is 2. The van der Waals surface area contributed by atoms with Crippen LogP contribution in [0.4, 0.5) is 0 Å². The topological polar surface area (TPSA) is 64.0 Å². The summed E-state index contributed by atoms with van der Waals surface area (Å²) in [7, 11) is 0. The number of carbonyl (C=O) groups excluding carboxylic acids is 1. The molecule has 1 aliphatic rings. The van der Waals surface area contributed by atoms with Crippen LogP contribution in [0.3, 0.4) is 0 Å². The summed E-state index contributed by atoms with van der Waals surface area (Å²) in [4.78, 5) is 24.0. The summed E-state index contributed by atoms with van der Waals surface area (Å²) >= 11 is 0. The molecule has 1 N–H and O–H groups in total. The molecule has 5 nitrogen and oxygen atoms in total. The molecule has 0 radical (unpaired) electrons. The van der Waals surface area contributed by atoms with Crippen molar-refractivity contribution in [2.45, 2.75) is 65.3 Å². The van der Waals surface area contributed by atoms with Crippen LogP contribution in [0, 0.1) is 5.41 Å². The summed E-state index contributed by atoms with van der Waals surface area (Å²) < 4.78 is 1.39. The molecule has 0 bridgehead atoms. The van der Waals surface area contributed by atoms with Gasteiger partial charge < -0.3 is 5.32 Å². The molecule has 0 saturated heterocycles. The zero-order valence-electron chi connectivity index (χ0n) is 13.7. The number of nitrogens with one attached hydrogen (secondary N) is 1. The van der Waals surface area contributed by atoms with E-state index in [0.29, 0.717) is 18.8 Å². The smallest absolute Gasteiger partial charge is 0.271 e. The van der Waals surface area contributed by atoms with Crippen LogP contribution >= 0.6 is 0 Å². The number of unbranched alkanes of at least 4 members (excludes halogenated alkanes) is 1. The number of hydrogen-bond acceptors (Lipinski definition) is 3. The second-order valence-corrected chi connectivity index (χ2v) is 6.69. The first-order valence-electron chi connectivity index (χ1n) is 8.40. The second kappa shape index (κ2) is 7.56. The average molecular weight is 305 g/mol. The van der Waals surface area contributed by atoms with Crippen molar-refractivity contribution in [1.82, 2.24) is 15.1 Å². The van der Waals surface area contributed by atoms with E-state index in [1.54, 1.807) is 0 Å². The monoisotopic (exact) mass is 305 g/mol. The molecule has 0 aromatic carbocycles. The summed E-state index contributed by atoms with van der Waals surface area (Å²) in [6.07, 6.45) is 7.98. The lowest BCUT2D eigenvalue weighted by Gasteiger charge is -2.33. The molecule has 22 heavy (non-hydrogen) atoms. The fourth-order valence-corrected chi connectivity index (χ4v) is 3.00. The first kappa shape index (κ1) is 16.7.